The average molecular weight is 276 g/mol. The van der Waals surface area contributed by atoms with Crippen LogP contribution in [-0.2, 0) is 6.42 Å². The number of benzene rings is 1. The van der Waals surface area contributed by atoms with E-state index in [1.807, 2.05) is 18.2 Å². The van der Waals surface area contributed by atoms with Crippen molar-refractivity contribution in [2.45, 2.75) is 19.3 Å². The molecule has 1 aliphatic rings. The summed E-state index contributed by atoms with van der Waals surface area (Å²) >= 11 is 3.36. The molecule has 0 atom stereocenters. The highest BCUT2D eigenvalue weighted by Crippen LogP contribution is 2.32. The Hall–Kier alpha value is -0.640. The number of anilines is 1. The van der Waals surface area contributed by atoms with Gasteiger partial charge in [-0.3, -0.25) is 0 Å². The van der Waals surface area contributed by atoms with Gasteiger partial charge in [0, 0.05) is 23.6 Å². The molecular weight excluding hydrogens is 264 g/mol. The Morgan fingerprint density at radius 1 is 1.47 bits per heavy atom. The van der Waals surface area contributed by atoms with Crippen molar-refractivity contribution >= 4 is 21.6 Å². The number of hydrogen-bond acceptors (Lipinski definition) is 1. The Morgan fingerprint density at radius 2 is 2.20 bits per heavy atom. The predicted molar refractivity (Wildman–Crippen MR) is 60.7 cm³/mol. The Kier molecular flexibility index (Phi) is 2.71. The van der Waals surface area contributed by atoms with Crippen molar-refractivity contribution < 1.29 is 8.78 Å². The minimum atomic E-state index is -2.63. The molecule has 0 aliphatic carbocycles. The van der Waals surface area contributed by atoms with E-state index >= 15 is 0 Å². The lowest BCUT2D eigenvalue weighted by Gasteiger charge is -2.23. The maximum atomic E-state index is 12.9. The van der Waals surface area contributed by atoms with Crippen LogP contribution in [0.15, 0.2) is 22.7 Å². The normalized spacial score (nSPS) is 15.6. The largest absolute Gasteiger partial charge is 0.365 e. The van der Waals surface area contributed by atoms with Gasteiger partial charge in [-0.2, -0.15) is 0 Å². The van der Waals surface area contributed by atoms with Crippen LogP contribution >= 0.6 is 15.9 Å². The third-order valence-corrected chi connectivity index (χ3v) is 3.00. The molecule has 0 aromatic heterocycles. The Morgan fingerprint density at radius 3 is 2.87 bits per heavy atom. The zero-order valence-electron chi connectivity index (χ0n) is 8.43. The van der Waals surface area contributed by atoms with E-state index in [0.29, 0.717) is 6.54 Å². The number of alkyl halides is 2. The van der Waals surface area contributed by atoms with Crippen LogP contribution in [0, 0.1) is 0 Å². The molecule has 82 valence electrons. The summed E-state index contributed by atoms with van der Waals surface area (Å²) in [5, 5.41) is 0. The molecule has 0 unspecified atom stereocenters. The minimum absolute atomic E-state index is 0.198. The van der Waals surface area contributed by atoms with Gasteiger partial charge in [-0.15, -0.1) is 0 Å². The van der Waals surface area contributed by atoms with Gasteiger partial charge in [0.1, 0.15) is 0 Å². The van der Waals surface area contributed by atoms with Crippen LogP contribution in [-0.4, -0.2) is 19.0 Å². The molecule has 4 heteroatoms. The van der Waals surface area contributed by atoms with E-state index in [1.165, 1.54) is 0 Å². The third-order valence-electron chi connectivity index (χ3n) is 2.51. The molecule has 0 radical (unpaired) electrons. The lowest BCUT2D eigenvalue weighted by molar-refractivity contribution is 0.0303. The minimum Gasteiger partial charge on any atom is -0.365 e. The van der Waals surface area contributed by atoms with Crippen LogP contribution in [0.4, 0.5) is 14.5 Å². The Balaban J connectivity index is 2.24. The predicted octanol–water partition coefficient (Wildman–Crippen LogP) is 3.47. The maximum absolute atomic E-state index is 12.9. The lowest BCUT2D eigenvalue weighted by Crippen LogP contribution is -2.33. The highest BCUT2D eigenvalue weighted by Gasteiger charge is 2.29. The summed E-state index contributed by atoms with van der Waals surface area (Å²) in [4.78, 5) is 1.75. The Labute approximate surface area is 96.2 Å². The van der Waals surface area contributed by atoms with E-state index in [-0.39, 0.29) is 6.54 Å². The van der Waals surface area contributed by atoms with Gasteiger partial charge in [0.05, 0.1) is 6.54 Å². The van der Waals surface area contributed by atoms with Crippen LogP contribution in [0.2, 0.25) is 0 Å². The van der Waals surface area contributed by atoms with Crippen LogP contribution in [0.5, 0.6) is 0 Å². The van der Waals surface area contributed by atoms with Gasteiger partial charge in [0.2, 0.25) is 0 Å². The van der Waals surface area contributed by atoms with Crippen molar-refractivity contribution in [3.05, 3.63) is 28.2 Å². The van der Waals surface area contributed by atoms with E-state index in [1.54, 1.807) is 4.90 Å². The van der Waals surface area contributed by atoms with E-state index in [2.05, 4.69) is 15.9 Å². The molecule has 0 N–H and O–H groups in total. The summed E-state index contributed by atoms with van der Waals surface area (Å²) < 4.78 is 26.8. The first-order valence-electron chi connectivity index (χ1n) is 4.87. The molecule has 1 aromatic carbocycles. The zero-order chi connectivity index (χ0) is 11.1. The highest BCUT2D eigenvalue weighted by atomic mass is 79.9. The number of fused-ring (bicyclic) bond motifs is 1. The first-order chi connectivity index (χ1) is 6.96. The molecule has 0 saturated heterocycles. The molecule has 1 aliphatic heterocycles. The summed E-state index contributed by atoms with van der Waals surface area (Å²) in [7, 11) is 0. The monoisotopic (exact) mass is 275 g/mol. The van der Waals surface area contributed by atoms with E-state index in [4.69, 9.17) is 0 Å². The fourth-order valence-electron chi connectivity index (χ4n) is 1.92. The highest BCUT2D eigenvalue weighted by molar-refractivity contribution is 9.10. The molecule has 1 heterocycles. The smallest absolute Gasteiger partial charge is 0.262 e. The molecule has 0 saturated carbocycles. The lowest BCUT2D eigenvalue weighted by atomic mass is 10.2. The Bertz CT molecular complexity index is 373. The second-order valence-electron chi connectivity index (χ2n) is 4.01. The summed E-state index contributed by atoms with van der Waals surface area (Å²) in [6, 6.07) is 5.85. The molecular formula is C11H12BrF2N. The second kappa shape index (κ2) is 3.74. The number of halogens is 3. The average Bonchev–Trinajstić information content (AvgIpc) is 2.46. The third kappa shape index (κ3) is 2.48. The van der Waals surface area contributed by atoms with Gasteiger partial charge < -0.3 is 4.90 Å². The summed E-state index contributed by atoms with van der Waals surface area (Å²) in [6.07, 6.45) is 0.860. The SMILES string of the molecule is CC(F)(F)CN1CCc2ccc(Br)cc21. The van der Waals surface area contributed by atoms with Crippen molar-refractivity contribution in [1.29, 1.82) is 0 Å². The number of nitrogens with zero attached hydrogens (tertiary/aromatic N) is 1. The van der Waals surface area contributed by atoms with Crippen molar-refractivity contribution in [3.63, 3.8) is 0 Å². The van der Waals surface area contributed by atoms with Gasteiger partial charge >= 0.3 is 0 Å². The summed E-state index contributed by atoms with van der Waals surface area (Å²) in [6.45, 7) is 1.45. The van der Waals surface area contributed by atoms with Crippen LogP contribution < -0.4 is 4.90 Å². The summed E-state index contributed by atoms with van der Waals surface area (Å²) in [5.74, 6) is -2.63. The van der Waals surface area contributed by atoms with Crippen LogP contribution in [0.3, 0.4) is 0 Å². The zero-order valence-corrected chi connectivity index (χ0v) is 10.0. The standard InChI is InChI=1S/C11H12BrF2N/c1-11(13,14)7-15-5-4-8-2-3-9(12)6-10(8)15/h2-3,6H,4-5,7H2,1H3. The van der Waals surface area contributed by atoms with Gasteiger partial charge in [-0.05, 0) is 24.1 Å². The maximum Gasteiger partial charge on any atom is 0.262 e. The number of rotatable bonds is 2. The molecule has 0 amide bonds. The molecule has 2 rings (SSSR count). The van der Waals surface area contributed by atoms with Crippen molar-refractivity contribution in [2.75, 3.05) is 18.0 Å². The number of hydrogen-bond donors (Lipinski definition) is 0. The van der Waals surface area contributed by atoms with E-state index in [9.17, 15) is 8.78 Å². The molecule has 1 nitrogen and oxygen atoms in total. The van der Waals surface area contributed by atoms with Crippen molar-refractivity contribution in [2.24, 2.45) is 0 Å². The fraction of sp³-hybridized carbons (Fsp3) is 0.455. The van der Waals surface area contributed by atoms with Crippen molar-refractivity contribution in [3.8, 4) is 0 Å². The van der Waals surface area contributed by atoms with Gasteiger partial charge in [0.25, 0.3) is 5.92 Å². The fourth-order valence-corrected chi connectivity index (χ4v) is 2.27. The van der Waals surface area contributed by atoms with Gasteiger partial charge in [0.15, 0.2) is 0 Å². The van der Waals surface area contributed by atoms with Gasteiger partial charge in [-0.1, -0.05) is 22.0 Å². The van der Waals surface area contributed by atoms with Crippen LogP contribution in [0.1, 0.15) is 12.5 Å². The van der Waals surface area contributed by atoms with Crippen LogP contribution in [0.25, 0.3) is 0 Å². The summed E-state index contributed by atoms with van der Waals surface area (Å²) in [5.41, 5.74) is 2.09. The van der Waals surface area contributed by atoms with E-state index in [0.717, 1.165) is 29.1 Å². The first kappa shape index (κ1) is 10.9. The van der Waals surface area contributed by atoms with E-state index < -0.39 is 5.92 Å². The topological polar surface area (TPSA) is 3.24 Å². The quantitative estimate of drug-likeness (QED) is 0.799. The molecule has 15 heavy (non-hydrogen) atoms. The van der Waals surface area contributed by atoms with Crippen molar-refractivity contribution in [1.82, 2.24) is 0 Å². The molecule has 0 bridgehead atoms. The first-order valence-corrected chi connectivity index (χ1v) is 5.66. The molecule has 1 aromatic rings. The van der Waals surface area contributed by atoms with Gasteiger partial charge in [-0.25, -0.2) is 8.78 Å². The second-order valence-corrected chi connectivity index (χ2v) is 4.93. The molecule has 0 spiro atoms. The molecule has 0 fully saturated rings.